The molecule has 0 aliphatic carbocycles. The smallest absolute Gasteiger partial charge is 0.407 e. The van der Waals surface area contributed by atoms with Crippen LogP contribution in [0.4, 0.5) is 10.5 Å². The van der Waals surface area contributed by atoms with Gasteiger partial charge in [0.25, 0.3) is 0 Å². The number of hydrogen-bond acceptors (Lipinski definition) is 5. The first kappa shape index (κ1) is 17.3. The molecule has 0 unspecified atom stereocenters. The molecule has 22 heavy (non-hydrogen) atoms. The normalized spacial score (nSPS) is 10.3. The molecule has 0 atom stereocenters. The van der Waals surface area contributed by atoms with Crippen molar-refractivity contribution in [2.45, 2.75) is 32.8 Å². The van der Waals surface area contributed by atoms with Crippen LogP contribution < -0.4 is 5.32 Å². The monoisotopic (exact) mass is 306 g/mol. The number of amides is 1. The van der Waals surface area contributed by atoms with Gasteiger partial charge in [-0.05, 0) is 26.8 Å². The molecule has 2 N–H and O–H groups in total. The molecule has 0 heterocycles. The molecule has 118 valence electrons. The van der Waals surface area contributed by atoms with Crippen molar-refractivity contribution in [3.63, 3.8) is 0 Å². The average molecular weight is 306 g/mol. The number of nitrogens with one attached hydrogen (secondary N) is 1. The highest BCUT2D eigenvalue weighted by Gasteiger charge is 2.16. The zero-order chi connectivity index (χ0) is 16.8. The Morgan fingerprint density at radius 1 is 1.45 bits per heavy atom. The number of para-hydroxylation sites is 1. The molecular formula is C15H18N2O5. The van der Waals surface area contributed by atoms with E-state index in [4.69, 9.17) is 4.74 Å². The van der Waals surface area contributed by atoms with Gasteiger partial charge in [-0.3, -0.25) is 10.1 Å². The third-order valence-electron chi connectivity index (χ3n) is 2.35. The van der Waals surface area contributed by atoms with Crippen molar-refractivity contribution in [1.82, 2.24) is 5.32 Å². The van der Waals surface area contributed by atoms with E-state index in [1.807, 2.05) is 0 Å². The van der Waals surface area contributed by atoms with Gasteiger partial charge in [-0.25, -0.2) is 4.79 Å². The van der Waals surface area contributed by atoms with Crippen molar-refractivity contribution >= 4 is 11.8 Å². The van der Waals surface area contributed by atoms with Crippen LogP contribution in [-0.2, 0) is 4.74 Å². The molecule has 7 nitrogen and oxygen atoms in total. The lowest BCUT2D eigenvalue weighted by Crippen LogP contribution is -2.32. The van der Waals surface area contributed by atoms with E-state index in [2.05, 4.69) is 17.2 Å². The number of nitro groups is 1. The maximum absolute atomic E-state index is 11.4. The molecule has 0 aliphatic heterocycles. The molecular weight excluding hydrogens is 288 g/mol. The third-order valence-corrected chi connectivity index (χ3v) is 2.35. The highest BCUT2D eigenvalue weighted by molar-refractivity contribution is 5.67. The molecule has 7 heteroatoms. The van der Waals surface area contributed by atoms with E-state index in [1.165, 1.54) is 18.2 Å². The maximum atomic E-state index is 11.4. The van der Waals surface area contributed by atoms with Crippen molar-refractivity contribution in [2.75, 3.05) is 6.54 Å². The molecule has 1 aromatic rings. The van der Waals surface area contributed by atoms with Crippen LogP contribution >= 0.6 is 0 Å². The second-order valence-corrected chi connectivity index (χ2v) is 5.41. The van der Waals surface area contributed by atoms with Crippen LogP contribution in [0.1, 0.15) is 32.8 Å². The lowest BCUT2D eigenvalue weighted by molar-refractivity contribution is -0.385. The van der Waals surface area contributed by atoms with E-state index in [0.717, 1.165) is 0 Å². The number of aromatic hydroxyl groups is 1. The Labute approximate surface area is 128 Å². The van der Waals surface area contributed by atoms with E-state index in [9.17, 15) is 20.0 Å². The first-order valence-electron chi connectivity index (χ1n) is 6.63. The highest BCUT2D eigenvalue weighted by atomic mass is 16.6. The minimum absolute atomic E-state index is 0.173. The van der Waals surface area contributed by atoms with Crippen LogP contribution in [0.15, 0.2) is 18.2 Å². The van der Waals surface area contributed by atoms with Crippen molar-refractivity contribution < 1.29 is 19.6 Å². The molecule has 1 amide bonds. The molecule has 0 spiro atoms. The molecule has 0 bridgehead atoms. The summed E-state index contributed by atoms with van der Waals surface area (Å²) in [5.41, 5.74) is -0.782. The van der Waals surface area contributed by atoms with E-state index in [-0.39, 0.29) is 12.1 Å². The van der Waals surface area contributed by atoms with Crippen molar-refractivity contribution in [3.05, 3.63) is 33.9 Å². The summed E-state index contributed by atoms with van der Waals surface area (Å²) in [5, 5.41) is 22.9. The van der Waals surface area contributed by atoms with Gasteiger partial charge in [0, 0.05) is 19.0 Å². The molecule has 0 fully saturated rings. The van der Waals surface area contributed by atoms with Gasteiger partial charge in [0.1, 0.15) is 5.60 Å². The number of carbonyl (C=O) groups is 1. The number of phenolic OH excluding ortho intramolecular Hbond substituents is 1. The van der Waals surface area contributed by atoms with E-state index >= 15 is 0 Å². The minimum Gasteiger partial charge on any atom is -0.501 e. The van der Waals surface area contributed by atoms with Gasteiger partial charge in [-0.1, -0.05) is 17.9 Å². The second-order valence-electron chi connectivity index (χ2n) is 5.41. The number of ether oxygens (including phenoxy) is 1. The molecule has 0 saturated heterocycles. The minimum atomic E-state index is -0.676. The Morgan fingerprint density at radius 3 is 2.73 bits per heavy atom. The average Bonchev–Trinajstić information content (AvgIpc) is 2.37. The SMILES string of the molecule is CC(C)(C)OC(=O)NCCC#Cc1cccc([N+](=O)[O-])c1O. The van der Waals surface area contributed by atoms with E-state index < -0.39 is 28.1 Å². The molecule has 1 rings (SSSR count). The van der Waals surface area contributed by atoms with Crippen molar-refractivity contribution in [1.29, 1.82) is 0 Å². The first-order valence-corrected chi connectivity index (χ1v) is 6.63. The number of hydrogen-bond donors (Lipinski definition) is 2. The highest BCUT2D eigenvalue weighted by Crippen LogP contribution is 2.28. The largest absolute Gasteiger partial charge is 0.501 e. The van der Waals surface area contributed by atoms with Gasteiger partial charge in [-0.2, -0.15) is 0 Å². The summed E-state index contributed by atoms with van der Waals surface area (Å²) in [4.78, 5) is 21.4. The number of carbonyl (C=O) groups excluding carboxylic acids is 1. The summed E-state index contributed by atoms with van der Waals surface area (Å²) in [5.74, 6) is 4.90. The molecule has 0 aliphatic rings. The van der Waals surface area contributed by atoms with Crippen molar-refractivity contribution in [3.8, 4) is 17.6 Å². The fourth-order valence-electron chi connectivity index (χ4n) is 1.48. The number of rotatable bonds is 3. The van der Waals surface area contributed by atoms with Crippen LogP contribution in [0, 0.1) is 22.0 Å². The molecule has 0 saturated carbocycles. The van der Waals surface area contributed by atoms with Gasteiger partial charge in [0.15, 0.2) is 0 Å². The van der Waals surface area contributed by atoms with Crippen LogP contribution in [0.25, 0.3) is 0 Å². The molecule has 0 radical (unpaired) electrons. The van der Waals surface area contributed by atoms with Gasteiger partial charge < -0.3 is 15.2 Å². The first-order chi connectivity index (χ1) is 10.2. The van der Waals surface area contributed by atoms with Gasteiger partial charge in [-0.15, -0.1) is 0 Å². The predicted molar refractivity (Wildman–Crippen MR) is 80.5 cm³/mol. The number of benzene rings is 1. The Hall–Kier alpha value is -2.75. The lowest BCUT2D eigenvalue weighted by atomic mass is 10.1. The standard InChI is InChI=1S/C15H18N2O5/c1-15(2,3)22-14(19)16-10-5-4-7-11-8-6-9-12(13(11)18)17(20)21/h6,8-9,18H,5,10H2,1-3H3,(H,16,19). The fraction of sp³-hybridized carbons (Fsp3) is 0.400. The van der Waals surface area contributed by atoms with Crippen LogP contribution in [0.3, 0.4) is 0 Å². The summed E-state index contributed by atoms with van der Waals surface area (Å²) in [6.07, 6.45) is -0.214. The van der Waals surface area contributed by atoms with E-state index in [1.54, 1.807) is 20.8 Å². The van der Waals surface area contributed by atoms with Crippen LogP contribution in [0.2, 0.25) is 0 Å². The number of nitro benzene ring substituents is 1. The summed E-state index contributed by atoms with van der Waals surface area (Å²) < 4.78 is 5.05. The number of nitrogens with zero attached hydrogens (tertiary/aromatic N) is 1. The van der Waals surface area contributed by atoms with Crippen molar-refractivity contribution in [2.24, 2.45) is 0 Å². The topological polar surface area (TPSA) is 102 Å². The Bertz CT molecular complexity index is 623. The van der Waals surface area contributed by atoms with Gasteiger partial charge in [0.05, 0.1) is 10.5 Å². The van der Waals surface area contributed by atoms with Crippen LogP contribution in [-0.4, -0.2) is 28.3 Å². The Morgan fingerprint density at radius 2 is 2.14 bits per heavy atom. The van der Waals surface area contributed by atoms with Crippen LogP contribution in [0.5, 0.6) is 5.75 Å². The summed E-state index contributed by atoms with van der Waals surface area (Å²) in [7, 11) is 0. The number of alkyl carbamates (subject to hydrolysis) is 1. The molecule has 0 aromatic heterocycles. The Kier molecular flexibility index (Phi) is 5.75. The lowest BCUT2D eigenvalue weighted by Gasteiger charge is -2.19. The summed E-state index contributed by atoms with van der Waals surface area (Å²) in [6.45, 7) is 5.56. The quantitative estimate of drug-likeness (QED) is 0.387. The maximum Gasteiger partial charge on any atom is 0.407 e. The zero-order valence-electron chi connectivity index (χ0n) is 12.7. The fourth-order valence-corrected chi connectivity index (χ4v) is 1.48. The Balaban J connectivity index is 2.54. The van der Waals surface area contributed by atoms with Gasteiger partial charge in [0.2, 0.25) is 5.75 Å². The molecule has 1 aromatic carbocycles. The summed E-state index contributed by atoms with van der Waals surface area (Å²) >= 11 is 0. The predicted octanol–water partition coefficient (Wildman–Crippen LogP) is 2.57. The van der Waals surface area contributed by atoms with Gasteiger partial charge >= 0.3 is 11.8 Å². The number of phenols is 1. The second kappa shape index (κ2) is 7.31. The van der Waals surface area contributed by atoms with E-state index in [0.29, 0.717) is 6.42 Å². The zero-order valence-corrected chi connectivity index (χ0v) is 12.7. The summed E-state index contributed by atoms with van der Waals surface area (Å²) in [6, 6.07) is 4.13. The third kappa shape index (κ3) is 5.71.